The Balaban J connectivity index is 1.47. The van der Waals surface area contributed by atoms with E-state index >= 15 is 0 Å². The van der Waals surface area contributed by atoms with Crippen molar-refractivity contribution in [2.75, 3.05) is 39.8 Å². The third-order valence-corrected chi connectivity index (χ3v) is 5.57. The number of amides is 3. The summed E-state index contributed by atoms with van der Waals surface area (Å²) >= 11 is 0. The van der Waals surface area contributed by atoms with Gasteiger partial charge in [0.2, 0.25) is 0 Å². The molecule has 4 rings (SSSR count). The fourth-order valence-corrected chi connectivity index (χ4v) is 4.10. The molecule has 1 aromatic carbocycles. The van der Waals surface area contributed by atoms with E-state index in [1.165, 1.54) is 13.2 Å². The third kappa shape index (κ3) is 3.77. The number of urea groups is 1. The summed E-state index contributed by atoms with van der Waals surface area (Å²) < 4.78 is 5.15. The van der Waals surface area contributed by atoms with E-state index in [4.69, 9.17) is 4.74 Å². The maximum absolute atomic E-state index is 13.1. The smallest absolute Gasteiger partial charge is 0.319 e. The van der Waals surface area contributed by atoms with Crippen LogP contribution in [0.4, 0.5) is 4.79 Å². The van der Waals surface area contributed by atoms with Crippen LogP contribution in [0, 0.1) is 0 Å². The summed E-state index contributed by atoms with van der Waals surface area (Å²) in [6.07, 6.45) is 1.37. The van der Waals surface area contributed by atoms with Gasteiger partial charge in [-0.3, -0.25) is 14.5 Å². The highest BCUT2D eigenvalue weighted by Gasteiger charge is 2.40. The van der Waals surface area contributed by atoms with E-state index in [0.717, 1.165) is 19.5 Å². The second-order valence-electron chi connectivity index (χ2n) is 7.50. The van der Waals surface area contributed by atoms with Crippen LogP contribution in [0.15, 0.2) is 29.5 Å². The molecule has 1 saturated heterocycles. The minimum absolute atomic E-state index is 0.00881. The summed E-state index contributed by atoms with van der Waals surface area (Å²) in [5.74, 6) is 0.410. The van der Waals surface area contributed by atoms with Crippen LogP contribution in [-0.4, -0.2) is 72.5 Å². The summed E-state index contributed by atoms with van der Waals surface area (Å²) in [7, 11) is 1.45. The van der Waals surface area contributed by atoms with E-state index in [2.05, 4.69) is 15.5 Å². The third-order valence-electron chi connectivity index (χ3n) is 5.57. The van der Waals surface area contributed by atoms with Crippen LogP contribution in [-0.2, 0) is 9.59 Å². The SMILES string of the molecule is COc1cc([C@@H]2NC(=O)NC3=C2C(=O)N(CCCN2CCC(=O)C2)C3)ccc1O. The zero-order chi connectivity index (χ0) is 20.5. The number of aromatic hydroxyl groups is 1. The van der Waals surface area contributed by atoms with Crippen molar-refractivity contribution < 1.29 is 24.2 Å². The van der Waals surface area contributed by atoms with E-state index in [1.54, 1.807) is 17.0 Å². The van der Waals surface area contributed by atoms with Gasteiger partial charge in [0.1, 0.15) is 5.78 Å². The minimum Gasteiger partial charge on any atom is -0.504 e. The van der Waals surface area contributed by atoms with Crippen molar-refractivity contribution in [2.24, 2.45) is 0 Å². The average molecular weight is 400 g/mol. The lowest BCUT2D eigenvalue weighted by Gasteiger charge is -2.26. The Hall–Kier alpha value is -3.07. The van der Waals surface area contributed by atoms with Gasteiger partial charge in [0, 0.05) is 26.1 Å². The Morgan fingerprint density at radius 1 is 1.21 bits per heavy atom. The number of carbonyl (C=O) groups excluding carboxylic acids is 3. The molecule has 29 heavy (non-hydrogen) atoms. The van der Waals surface area contributed by atoms with Gasteiger partial charge in [-0.25, -0.2) is 4.79 Å². The molecule has 3 heterocycles. The van der Waals surface area contributed by atoms with Crippen molar-refractivity contribution in [2.45, 2.75) is 18.9 Å². The van der Waals surface area contributed by atoms with Crippen molar-refractivity contribution in [3.63, 3.8) is 0 Å². The van der Waals surface area contributed by atoms with Gasteiger partial charge in [0.25, 0.3) is 5.91 Å². The zero-order valence-corrected chi connectivity index (χ0v) is 16.2. The minimum atomic E-state index is -0.609. The maximum Gasteiger partial charge on any atom is 0.319 e. The Kier molecular flexibility index (Phi) is 5.14. The van der Waals surface area contributed by atoms with Gasteiger partial charge in [-0.1, -0.05) is 6.07 Å². The number of phenols is 1. The van der Waals surface area contributed by atoms with Gasteiger partial charge < -0.3 is 25.4 Å². The van der Waals surface area contributed by atoms with Crippen LogP contribution in [0.25, 0.3) is 0 Å². The number of nitrogens with zero attached hydrogens (tertiary/aromatic N) is 2. The van der Waals surface area contributed by atoms with Crippen LogP contribution in [0.3, 0.4) is 0 Å². The molecule has 0 saturated carbocycles. The van der Waals surface area contributed by atoms with Crippen molar-refractivity contribution in [3.8, 4) is 11.5 Å². The first-order valence-electron chi connectivity index (χ1n) is 9.67. The number of rotatable bonds is 6. The molecule has 3 N–H and O–H groups in total. The van der Waals surface area contributed by atoms with Crippen LogP contribution in [0.5, 0.6) is 11.5 Å². The molecule has 154 valence electrons. The molecule has 1 atom stereocenters. The number of ether oxygens (including phenoxy) is 1. The molecule has 0 unspecified atom stereocenters. The standard InChI is InChI=1S/C20H24N4O5/c1-29-16-9-12(3-4-15(16)26)18-17-14(21-20(28)22-18)11-24(19(17)27)7-2-6-23-8-5-13(25)10-23/h3-4,9,18,26H,2,5-8,10-11H2,1H3,(H2,21,22,28)/t18-/m0/s1. The maximum atomic E-state index is 13.1. The number of carbonyl (C=O) groups is 3. The first-order valence-corrected chi connectivity index (χ1v) is 9.67. The lowest BCUT2D eigenvalue weighted by Crippen LogP contribution is -2.44. The van der Waals surface area contributed by atoms with Gasteiger partial charge in [-0.15, -0.1) is 0 Å². The second kappa shape index (κ2) is 7.75. The number of hydrogen-bond acceptors (Lipinski definition) is 6. The molecule has 0 radical (unpaired) electrons. The lowest BCUT2D eigenvalue weighted by atomic mass is 9.96. The fourth-order valence-electron chi connectivity index (χ4n) is 4.10. The summed E-state index contributed by atoms with van der Waals surface area (Å²) in [5, 5.41) is 15.4. The fraction of sp³-hybridized carbons (Fsp3) is 0.450. The number of nitrogens with one attached hydrogen (secondary N) is 2. The molecule has 1 fully saturated rings. The van der Waals surface area contributed by atoms with E-state index in [1.807, 2.05) is 0 Å². The summed E-state index contributed by atoms with van der Waals surface area (Å²) in [6, 6.07) is 3.79. The lowest BCUT2D eigenvalue weighted by molar-refractivity contribution is -0.126. The van der Waals surface area contributed by atoms with Gasteiger partial charge in [0.05, 0.1) is 37.5 Å². The second-order valence-corrected chi connectivity index (χ2v) is 7.50. The average Bonchev–Trinajstić information content (AvgIpc) is 3.25. The molecule has 0 spiro atoms. The summed E-state index contributed by atoms with van der Waals surface area (Å²) in [4.78, 5) is 40.4. The Morgan fingerprint density at radius 3 is 2.76 bits per heavy atom. The van der Waals surface area contributed by atoms with Gasteiger partial charge in [-0.05, 0) is 24.1 Å². The topological polar surface area (TPSA) is 111 Å². The number of ketones is 1. The molecule has 3 aliphatic rings. The van der Waals surface area contributed by atoms with Crippen LogP contribution in [0.1, 0.15) is 24.4 Å². The van der Waals surface area contributed by atoms with E-state index in [0.29, 0.717) is 42.9 Å². The number of phenolic OH excluding ortho intramolecular Hbond substituents is 1. The van der Waals surface area contributed by atoms with Crippen molar-refractivity contribution in [1.82, 2.24) is 20.4 Å². The highest BCUT2D eigenvalue weighted by molar-refractivity contribution is 6.01. The van der Waals surface area contributed by atoms with E-state index < -0.39 is 6.04 Å². The van der Waals surface area contributed by atoms with E-state index in [-0.39, 0.29) is 29.2 Å². The van der Waals surface area contributed by atoms with Crippen molar-refractivity contribution >= 4 is 17.7 Å². The molecular weight excluding hydrogens is 376 g/mol. The normalized spacial score (nSPS) is 22.0. The van der Waals surface area contributed by atoms with Gasteiger partial charge >= 0.3 is 6.03 Å². The molecule has 3 amide bonds. The molecule has 1 aromatic rings. The monoisotopic (exact) mass is 400 g/mol. The van der Waals surface area contributed by atoms with Crippen LogP contribution < -0.4 is 15.4 Å². The summed E-state index contributed by atoms with van der Waals surface area (Å²) in [6.45, 7) is 2.95. The molecule has 3 aliphatic heterocycles. The number of benzene rings is 1. The van der Waals surface area contributed by atoms with E-state index in [9.17, 15) is 19.5 Å². The molecule has 0 aliphatic carbocycles. The van der Waals surface area contributed by atoms with Gasteiger partial charge in [0.15, 0.2) is 11.5 Å². The highest BCUT2D eigenvalue weighted by atomic mass is 16.5. The summed E-state index contributed by atoms with van der Waals surface area (Å²) in [5.41, 5.74) is 1.77. The molecule has 0 bridgehead atoms. The number of likely N-dealkylation sites (tertiary alicyclic amines) is 1. The predicted molar refractivity (Wildman–Crippen MR) is 103 cm³/mol. The Bertz CT molecular complexity index is 897. The number of hydrogen-bond donors (Lipinski definition) is 3. The quantitative estimate of drug-likeness (QED) is 0.642. The molecule has 9 nitrogen and oxygen atoms in total. The van der Waals surface area contributed by atoms with Crippen LogP contribution in [0.2, 0.25) is 0 Å². The van der Waals surface area contributed by atoms with Gasteiger partial charge in [-0.2, -0.15) is 0 Å². The Labute approximate surface area is 168 Å². The molecular formula is C20H24N4O5. The highest BCUT2D eigenvalue weighted by Crippen LogP contribution is 2.36. The first-order chi connectivity index (χ1) is 14.0. The molecule has 9 heteroatoms. The zero-order valence-electron chi connectivity index (χ0n) is 16.2. The van der Waals surface area contributed by atoms with Crippen molar-refractivity contribution in [3.05, 3.63) is 35.0 Å². The van der Waals surface area contributed by atoms with Crippen LogP contribution >= 0.6 is 0 Å². The van der Waals surface area contributed by atoms with Crippen molar-refractivity contribution in [1.29, 1.82) is 0 Å². The number of methoxy groups -OCH3 is 1. The largest absolute Gasteiger partial charge is 0.504 e. The first kappa shape index (κ1) is 19.3. The predicted octanol–water partition coefficient (Wildman–Crippen LogP) is 0.516. The molecule has 0 aromatic heterocycles. The Morgan fingerprint density at radius 2 is 2.03 bits per heavy atom. The number of Topliss-reactive ketones (excluding diaryl/α,β-unsaturated/α-hetero) is 1.